The topological polar surface area (TPSA) is 0 Å². The molecule has 0 amide bonds. The van der Waals surface area contributed by atoms with E-state index in [0.717, 1.165) is 0 Å². The molecule has 0 fully saturated rings. The van der Waals surface area contributed by atoms with Gasteiger partial charge in [-0.1, -0.05) is 37.0 Å². The van der Waals surface area contributed by atoms with Gasteiger partial charge in [0, 0.05) is 5.56 Å². The van der Waals surface area contributed by atoms with Crippen molar-refractivity contribution >= 4 is 23.2 Å². The molecule has 0 aliphatic carbocycles. The maximum Gasteiger partial charge on any atom is 0.128 e. The molecule has 0 aromatic heterocycles. The maximum atomic E-state index is 13.1. The van der Waals surface area contributed by atoms with Crippen LogP contribution in [-0.4, -0.2) is 0 Å². The van der Waals surface area contributed by atoms with E-state index in [4.69, 9.17) is 23.2 Å². The van der Waals surface area contributed by atoms with Gasteiger partial charge in [0.05, 0.1) is 10.0 Å². The van der Waals surface area contributed by atoms with E-state index in [-0.39, 0.29) is 11.7 Å². The largest absolute Gasteiger partial charge is 0.207 e. The minimum absolute atomic E-state index is 0.0520. The normalized spacial score (nSPS) is 10.8. The highest BCUT2D eigenvalue weighted by Crippen LogP contribution is 2.32. The summed E-state index contributed by atoms with van der Waals surface area (Å²) in [5, 5.41) is 0.730. The summed E-state index contributed by atoms with van der Waals surface area (Å²) in [4.78, 5) is 0. The molecule has 0 spiro atoms. The molecule has 66 valence electrons. The average molecular weight is 207 g/mol. The molecule has 0 nitrogen and oxygen atoms in total. The van der Waals surface area contributed by atoms with E-state index in [0.29, 0.717) is 15.6 Å². The highest BCUT2D eigenvalue weighted by atomic mass is 35.5. The van der Waals surface area contributed by atoms with Crippen LogP contribution in [0, 0.1) is 5.82 Å². The lowest BCUT2D eigenvalue weighted by atomic mass is 10.0. The Morgan fingerprint density at radius 1 is 1.25 bits per heavy atom. The van der Waals surface area contributed by atoms with Crippen LogP contribution in [-0.2, 0) is 0 Å². The van der Waals surface area contributed by atoms with Crippen LogP contribution in [0.25, 0.3) is 0 Å². The maximum absolute atomic E-state index is 13.1. The summed E-state index contributed by atoms with van der Waals surface area (Å²) in [6.07, 6.45) is 0. The van der Waals surface area contributed by atoms with E-state index in [2.05, 4.69) is 0 Å². The standard InChI is InChI=1S/C9H9Cl2F/c1-5(2)8-7(12)4-3-6(10)9(8)11/h3-5H,1-2H3. The zero-order chi connectivity index (χ0) is 9.30. The lowest BCUT2D eigenvalue weighted by Gasteiger charge is -2.09. The molecule has 1 aromatic rings. The third kappa shape index (κ3) is 1.73. The van der Waals surface area contributed by atoms with Gasteiger partial charge in [-0.2, -0.15) is 0 Å². The van der Waals surface area contributed by atoms with E-state index in [1.54, 1.807) is 0 Å². The second-order valence-corrected chi connectivity index (χ2v) is 3.70. The molecule has 0 N–H and O–H groups in total. The molecular formula is C9H9Cl2F. The minimum atomic E-state index is -0.292. The Bertz CT molecular complexity index is 295. The Labute approximate surface area is 81.3 Å². The summed E-state index contributed by atoms with van der Waals surface area (Å²) in [5.74, 6) is -0.240. The van der Waals surface area contributed by atoms with Crippen molar-refractivity contribution < 1.29 is 4.39 Å². The number of benzene rings is 1. The summed E-state index contributed by atoms with van der Waals surface area (Å²) in [6.45, 7) is 3.75. The van der Waals surface area contributed by atoms with E-state index < -0.39 is 0 Å². The van der Waals surface area contributed by atoms with E-state index in [9.17, 15) is 4.39 Å². The third-order valence-corrected chi connectivity index (χ3v) is 2.48. The van der Waals surface area contributed by atoms with Crippen LogP contribution in [0.2, 0.25) is 10.0 Å². The molecule has 0 unspecified atom stereocenters. The Hall–Kier alpha value is -0.270. The SMILES string of the molecule is CC(C)c1c(F)ccc(Cl)c1Cl. The Kier molecular flexibility index (Phi) is 2.97. The predicted molar refractivity (Wildman–Crippen MR) is 50.5 cm³/mol. The summed E-state index contributed by atoms with van der Waals surface area (Å²) >= 11 is 11.6. The van der Waals surface area contributed by atoms with Gasteiger partial charge < -0.3 is 0 Å². The predicted octanol–water partition coefficient (Wildman–Crippen LogP) is 4.26. The highest BCUT2D eigenvalue weighted by molar-refractivity contribution is 6.42. The molecule has 0 saturated heterocycles. The van der Waals surface area contributed by atoms with Crippen molar-refractivity contribution in [2.75, 3.05) is 0 Å². The zero-order valence-electron chi connectivity index (χ0n) is 6.87. The first kappa shape index (κ1) is 9.82. The first-order valence-corrected chi connectivity index (χ1v) is 4.43. The van der Waals surface area contributed by atoms with Crippen LogP contribution < -0.4 is 0 Å². The highest BCUT2D eigenvalue weighted by Gasteiger charge is 2.13. The average Bonchev–Trinajstić information content (AvgIpc) is 1.97. The molecule has 0 aliphatic heterocycles. The van der Waals surface area contributed by atoms with E-state index in [1.807, 2.05) is 13.8 Å². The minimum Gasteiger partial charge on any atom is -0.207 e. The monoisotopic (exact) mass is 206 g/mol. The lowest BCUT2D eigenvalue weighted by molar-refractivity contribution is 0.598. The molecule has 12 heavy (non-hydrogen) atoms. The first-order chi connectivity index (χ1) is 5.54. The molecule has 3 heteroatoms. The molecule has 1 aromatic carbocycles. The number of hydrogen-bond acceptors (Lipinski definition) is 0. The van der Waals surface area contributed by atoms with Gasteiger partial charge in [-0.05, 0) is 18.1 Å². The van der Waals surface area contributed by atoms with Crippen LogP contribution in [0.4, 0.5) is 4.39 Å². The van der Waals surface area contributed by atoms with Crippen molar-refractivity contribution in [3.8, 4) is 0 Å². The van der Waals surface area contributed by atoms with Crippen molar-refractivity contribution in [2.45, 2.75) is 19.8 Å². The molecule has 1 rings (SSSR count). The zero-order valence-corrected chi connectivity index (χ0v) is 8.38. The fourth-order valence-electron chi connectivity index (χ4n) is 1.07. The summed E-state index contributed by atoms with van der Waals surface area (Å²) in [7, 11) is 0. The van der Waals surface area contributed by atoms with E-state index >= 15 is 0 Å². The Morgan fingerprint density at radius 3 is 2.25 bits per heavy atom. The van der Waals surface area contributed by atoms with Gasteiger partial charge in [-0.15, -0.1) is 0 Å². The molecular weight excluding hydrogens is 198 g/mol. The molecule has 0 radical (unpaired) electrons. The summed E-state index contributed by atoms with van der Waals surface area (Å²) < 4.78 is 13.1. The van der Waals surface area contributed by atoms with Gasteiger partial charge in [0.25, 0.3) is 0 Å². The van der Waals surface area contributed by atoms with Gasteiger partial charge in [-0.3, -0.25) is 0 Å². The van der Waals surface area contributed by atoms with Gasteiger partial charge in [0.1, 0.15) is 5.82 Å². The fraction of sp³-hybridized carbons (Fsp3) is 0.333. The van der Waals surface area contributed by atoms with Crippen LogP contribution >= 0.6 is 23.2 Å². The molecule has 0 saturated carbocycles. The van der Waals surface area contributed by atoms with Gasteiger partial charge >= 0.3 is 0 Å². The molecule has 0 atom stereocenters. The summed E-state index contributed by atoms with van der Waals surface area (Å²) in [5.41, 5.74) is 0.490. The Balaban J connectivity index is 3.33. The van der Waals surface area contributed by atoms with Gasteiger partial charge in [0.15, 0.2) is 0 Å². The van der Waals surface area contributed by atoms with Gasteiger partial charge in [0.2, 0.25) is 0 Å². The molecule has 0 bridgehead atoms. The van der Waals surface area contributed by atoms with Crippen molar-refractivity contribution in [1.82, 2.24) is 0 Å². The van der Waals surface area contributed by atoms with Crippen LogP contribution in [0.15, 0.2) is 12.1 Å². The number of halogens is 3. The quantitative estimate of drug-likeness (QED) is 0.603. The first-order valence-electron chi connectivity index (χ1n) is 3.67. The van der Waals surface area contributed by atoms with Crippen molar-refractivity contribution in [1.29, 1.82) is 0 Å². The van der Waals surface area contributed by atoms with Crippen LogP contribution in [0.1, 0.15) is 25.3 Å². The third-order valence-electron chi connectivity index (χ3n) is 1.66. The van der Waals surface area contributed by atoms with Crippen LogP contribution in [0.5, 0.6) is 0 Å². The number of hydrogen-bond donors (Lipinski definition) is 0. The molecule has 0 heterocycles. The Morgan fingerprint density at radius 2 is 1.83 bits per heavy atom. The van der Waals surface area contributed by atoms with E-state index in [1.165, 1.54) is 12.1 Å². The second-order valence-electron chi connectivity index (χ2n) is 2.91. The van der Waals surface area contributed by atoms with Crippen molar-refractivity contribution in [3.05, 3.63) is 33.6 Å². The van der Waals surface area contributed by atoms with Crippen molar-refractivity contribution in [3.63, 3.8) is 0 Å². The lowest BCUT2D eigenvalue weighted by Crippen LogP contribution is -1.94. The second kappa shape index (κ2) is 3.63. The van der Waals surface area contributed by atoms with Crippen LogP contribution in [0.3, 0.4) is 0 Å². The van der Waals surface area contributed by atoms with Gasteiger partial charge in [-0.25, -0.2) is 4.39 Å². The summed E-state index contributed by atoms with van der Waals surface area (Å²) in [6, 6.07) is 2.80. The molecule has 0 aliphatic rings. The number of rotatable bonds is 1. The smallest absolute Gasteiger partial charge is 0.128 e. The van der Waals surface area contributed by atoms with Crippen molar-refractivity contribution in [2.24, 2.45) is 0 Å². The fourth-order valence-corrected chi connectivity index (χ4v) is 1.61.